The summed E-state index contributed by atoms with van der Waals surface area (Å²) in [6.07, 6.45) is 4.48. The Bertz CT molecular complexity index is 648. The van der Waals surface area contributed by atoms with Crippen LogP contribution in [0.3, 0.4) is 0 Å². The molecule has 0 saturated carbocycles. The first-order chi connectivity index (χ1) is 9.61. The summed E-state index contributed by atoms with van der Waals surface area (Å²) in [6.45, 7) is 1.98. The van der Waals surface area contributed by atoms with Crippen molar-refractivity contribution in [3.05, 3.63) is 46.2 Å². The molecular formula is C16H18ClNO2. The molecule has 1 unspecified atom stereocenters. The molecule has 1 aliphatic carbocycles. The first-order valence-corrected chi connectivity index (χ1v) is 7.22. The lowest BCUT2D eigenvalue weighted by Gasteiger charge is -2.21. The van der Waals surface area contributed by atoms with Gasteiger partial charge in [0.2, 0.25) is 0 Å². The second-order valence-electron chi connectivity index (χ2n) is 5.27. The maximum Gasteiger partial charge on any atom is 0.144 e. The molecule has 1 N–H and O–H groups in total. The van der Waals surface area contributed by atoms with Gasteiger partial charge in [-0.1, -0.05) is 11.6 Å². The minimum absolute atomic E-state index is 0.348. The number of aromatic nitrogens is 1. The van der Waals surface area contributed by atoms with E-state index in [9.17, 15) is 5.11 Å². The first kappa shape index (κ1) is 13.5. The topological polar surface area (TPSA) is 34.4 Å². The van der Waals surface area contributed by atoms with Crippen LogP contribution in [-0.2, 0) is 6.42 Å². The predicted octanol–water partition coefficient (Wildman–Crippen LogP) is 3.82. The lowest BCUT2D eigenvalue weighted by atomic mass is 9.95. The van der Waals surface area contributed by atoms with Crippen molar-refractivity contribution >= 4 is 11.6 Å². The maximum absolute atomic E-state index is 10.1. The molecule has 3 nitrogen and oxygen atoms in total. The summed E-state index contributed by atoms with van der Waals surface area (Å²) in [7, 11) is 1.65. The summed E-state index contributed by atoms with van der Waals surface area (Å²) in [5.41, 5.74) is 4.20. The summed E-state index contributed by atoms with van der Waals surface area (Å²) in [4.78, 5) is 0. The standard InChI is InChI=1S/C16H18ClNO2/c1-10-8-14(16(20-2)9-12(10)17)18-7-6-11-13(18)4-3-5-15(11)19/h6-9,15,19H,3-5H2,1-2H3. The highest BCUT2D eigenvalue weighted by Gasteiger charge is 2.23. The van der Waals surface area contributed by atoms with E-state index in [4.69, 9.17) is 16.3 Å². The molecule has 0 fully saturated rings. The Morgan fingerprint density at radius 1 is 1.40 bits per heavy atom. The number of aliphatic hydroxyl groups excluding tert-OH is 1. The fraction of sp³-hybridized carbons (Fsp3) is 0.375. The van der Waals surface area contributed by atoms with Crippen molar-refractivity contribution in [1.29, 1.82) is 0 Å². The van der Waals surface area contributed by atoms with Crippen LogP contribution < -0.4 is 4.74 Å². The number of rotatable bonds is 2. The van der Waals surface area contributed by atoms with Crippen molar-refractivity contribution < 1.29 is 9.84 Å². The molecule has 1 aromatic carbocycles. The molecule has 0 bridgehead atoms. The molecule has 4 heteroatoms. The lowest BCUT2D eigenvalue weighted by Crippen LogP contribution is -2.11. The zero-order chi connectivity index (χ0) is 14.3. The van der Waals surface area contributed by atoms with Crippen molar-refractivity contribution in [3.63, 3.8) is 0 Å². The summed E-state index contributed by atoms with van der Waals surface area (Å²) in [6, 6.07) is 5.88. The Kier molecular flexibility index (Phi) is 3.48. The number of nitrogens with zero attached hydrogens (tertiary/aromatic N) is 1. The average Bonchev–Trinajstić information content (AvgIpc) is 2.86. The number of aliphatic hydroxyl groups is 1. The van der Waals surface area contributed by atoms with Crippen LogP contribution in [0, 0.1) is 6.92 Å². The molecular weight excluding hydrogens is 274 g/mol. The van der Waals surface area contributed by atoms with Crippen molar-refractivity contribution in [2.75, 3.05) is 7.11 Å². The second kappa shape index (κ2) is 5.15. The monoisotopic (exact) mass is 291 g/mol. The number of benzene rings is 1. The zero-order valence-electron chi connectivity index (χ0n) is 11.7. The normalized spacial score (nSPS) is 17.9. The highest BCUT2D eigenvalue weighted by atomic mass is 35.5. The van der Waals surface area contributed by atoms with Gasteiger partial charge in [-0.15, -0.1) is 0 Å². The van der Waals surface area contributed by atoms with Gasteiger partial charge in [-0.25, -0.2) is 0 Å². The minimum Gasteiger partial charge on any atom is -0.495 e. The van der Waals surface area contributed by atoms with Crippen LogP contribution in [-0.4, -0.2) is 16.8 Å². The lowest BCUT2D eigenvalue weighted by molar-refractivity contribution is 0.156. The molecule has 0 radical (unpaired) electrons. The van der Waals surface area contributed by atoms with Crippen LogP contribution in [0.25, 0.3) is 5.69 Å². The molecule has 2 aromatic rings. The van der Waals surface area contributed by atoms with Crippen LogP contribution >= 0.6 is 11.6 Å². The summed E-state index contributed by atoms with van der Waals surface area (Å²) >= 11 is 6.16. The third kappa shape index (κ3) is 2.11. The first-order valence-electron chi connectivity index (χ1n) is 6.84. The van der Waals surface area contributed by atoms with Gasteiger partial charge in [-0.3, -0.25) is 0 Å². The number of methoxy groups -OCH3 is 1. The molecule has 20 heavy (non-hydrogen) atoms. The van der Waals surface area contributed by atoms with E-state index in [2.05, 4.69) is 4.57 Å². The van der Waals surface area contributed by atoms with E-state index in [1.165, 1.54) is 5.69 Å². The van der Waals surface area contributed by atoms with Gasteiger partial charge in [0.15, 0.2) is 0 Å². The van der Waals surface area contributed by atoms with Gasteiger partial charge in [0, 0.05) is 28.5 Å². The van der Waals surface area contributed by atoms with Crippen molar-refractivity contribution in [2.45, 2.75) is 32.3 Å². The van der Waals surface area contributed by atoms with E-state index in [0.717, 1.165) is 41.8 Å². The van der Waals surface area contributed by atoms with Gasteiger partial charge >= 0.3 is 0 Å². The molecule has 1 aromatic heterocycles. The highest BCUT2D eigenvalue weighted by Crippen LogP contribution is 2.36. The Labute approximate surface area is 123 Å². The summed E-state index contributed by atoms with van der Waals surface area (Å²) < 4.78 is 7.57. The molecule has 1 heterocycles. The largest absolute Gasteiger partial charge is 0.495 e. The highest BCUT2D eigenvalue weighted by molar-refractivity contribution is 6.31. The number of hydrogen-bond acceptors (Lipinski definition) is 2. The zero-order valence-corrected chi connectivity index (χ0v) is 12.4. The van der Waals surface area contributed by atoms with E-state index in [1.54, 1.807) is 7.11 Å². The van der Waals surface area contributed by atoms with Gasteiger partial charge in [0.1, 0.15) is 5.75 Å². The van der Waals surface area contributed by atoms with E-state index in [-0.39, 0.29) is 6.10 Å². The third-order valence-corrected chi connectivity index (χ3v) is 4.40. The van der Waals surface area contributed by atoms with E-state index < -0.39 is 0 Å². The fourth-order valence-electron chi connectivity index (χ4n) is 2.89. The molecule has 1 aliphatic rings. The molecule has 3 rings (SSSR count). The number of halogens is 1. The van der Waals surface area contributed by atoms with E-state index in [0.29, 0.717) is 5.02 Å². The smallest absolute Gasteiger partial charge is 0.144 e. The summed E-state index contributed by atoms with van der Waals surface area (Å²) in [5, 5.41) is 10.8. The summed E-state index contributed by atoms with van der Waals surface area (Å²) in [5.74, 6) is 0.749. The Balaban J connectivity index is 2.17. The van der Waals surface area contributed by atoms with Gasteiger partial charge in [0.25, 0.3) is 0 Å². The molecule has 0 amide bonds. The Morgan fingerprint density at radius 2 is 2.20 bits per heavy atom. The maximum atomic E-state index is 10.1. The van der Waals surface area contributed by atoms with Crippen LogP contribution in [0.4, 0.5) is 0 Å². The van der Waals surface area contributed by atoms with E-state index >= 15 is 0 Å². The van der Waals surface area contributed by atoms with Gasteiger partial charge < -0.3 is 14.4 Å². The fourth-order valence-corrected chi connectivity index (χ4v) is 3.05. The van der Waals surface area contributed by atoms with Crippen molar-refractivity contribution in [2.24, 2.45) is 0 Å². The minimum atomic E-state index is -0.348. The third-order valence-electron chi connectivity index (χ3n) is 4.00. The molecule has 0 aliphatic heterocycles. The van der Waals surface area contributed by atoms with Gasteiger partial charge in [-0.2, -0.15) is 0 Å². The van der Waals surface area contributed by atoms with Crippen LogP contribution in [0.1, 0.15) is 35.8 Å². The van der Waals surface area contributed by atoms with Crippen molar-refractivity contribution in [3.8, 4) is 11.4 Å². The number of fused-ring (bicyclic) bond motifs is 1. The van der Waals surface area contributed by atoms with Crippen LogP contribution in [0.5, 0.6) is 5.75 Å². The van der Waals surface area contributed by atoms with E-state index in [1.807, 2.05) is 31.3 Å². The molecule has 106 valence electrons. The number of ether oxygens (including phenoxy) is 1. The van der Waals surface area contributed by atoms with Gasteiger partial charge in [-0.05, 0) is 43.9 Å². The number of aryl methyl sites for hydroxylation is 1. The SMILES string of the molecule is COc1cc(Cl)c(C)cc1-n1ccc2c1CCCC2O. The van der Waals surface area contributed by atoms with Crippen LogP contribution in [0.15, 0.2) is 24.4 Å². The van der Waals surface area contributed by atoms with Crippen molar-refractivity contribution in [1.82, 2.24) is 4.57 Å². The predicted molar refractivity (Wildman–Crippen MR) is 80.0 cm³/mol. The van der Waals surface area contributed by atoms with Crippen LogP contribution in [0.2, 0.25) is 5.02 Å². The Morgan fingerprint density at radius 3 is 2.95 bits per heavy atom. The second-order valence-corrected chi connectivity index (χ2v) is 5.68. The molecule has 0 spiro atoms. The number of hydrogen-bond donors (Lipinski definition) is 1. The molecule has 0 saturated heterocycles. The average molecular weight is 292 g/mol. The quantitative estimate of drug-likeness (QED) is 0.913. The Hall–Kier alpha value is -1.45. The molecule has 1 atom stereocenters. The van der Waals surface area contributed by atoms with Gasteiger partial charge in [0.05, 0.1) is 18.9 Å².